The number of carboxylic acid groups (broad SMARTS) is 1. The molecule has 0 fully saturated rings. The zero-order valence-corrected chi connectivity index (χ0v) is 7.97. The molecular weight excluding hydrogens is 180 g/mol. The normalized spacial score (nSPS) is 14.4. The van der Waals surface area contributed by atoms with E-state index < -0.39 is 6.09 Å². The highest BCUT2D eigenvalue weighted by Crippen LogP contribution is 2.14. The molecule has 1 aromatic rings. The van der Waals surface area contributed by atoms with Crippen molar-refractivity contribution in [3.05, 3.63) is 35.9 Å². The number of rotatable bonds is 3. The van der Waals surface area contributed by atoms with Crippen LogP contribution in [-0.2, 0) is 0 Å². The van der Waals surface area contributed by atoms with Gasteiger partial charge in [-0.1, -0.05) is 30.3 Å². The van der Waals surface area contributed by atoms with Crippen molar-refractivity contribution in [1.29, 1.82) is 0 Å². The van der Waals surface area contributed by atoms with Gasteiger partial charge in [-0.15, -0.1) is 0 Å². The van der Waals surface area contributed by atoms with E-state index in [9.17, 15) is 4.79 Å². The molecule has 0 saturated heterocycles. The van der Waals surface area contributed by atoms with Gasteiger partial charge < -0.3 is 16.2 Å². The lowest BCUT2D eigenvalue weighted by atomic mass is 10.0. The predicted octanol–water partition coefficient (Wildman–Crippen LogP) is 1.34. The Morgan fingerprint density at radius 2 is 2.00 bits per heavy atom. The summed E-state index contributed by atoms with van der Waals surface area (Å²) in [7, 11) is 0. The first-order valence-corrected chi connectivity index (χ1v) is 4.41. The number of hydrogen-bond donors (Lipinski definition) is 3. The maximum atomic E-state index is 10.5. The van der Waals surface area contributed by atoms with Crippen molar-refractivity contribution >= 4 is 6.09 Å². The van der Waals surface area contributed by atoms with E-state index >= 15 is 0 Å². The van der Waals surface area contributed by atoms with Gasteiger partial charge in [0.1, 0.15) is 0 Å². The lowest BCUT2D eigenvalue weighted by molar-refractivity contribution is 0.188. The van der Waals surface area contributed by atoms with Crippen LogP contribution in [0.5, 0.6) is 0 Å². The number of benzene rings is 1. The molecule has 76 valence electrons. The van der Waals surface area contributed by atoms with Crippen molar-refractivity contribution < 1.29 is 9.90 Å². The number of carbonyl (C=O) groups is 1. The topological polar surface area (TPSA) is 75.3 Å². The molecule has 1 rings (SSSR count). The van der Waals surface area contributed by atoms with E-state index in [0.717, 1.165) is 5.56 Å². The van der Waals surface area contributed by atoms with Gasteiger partial charge in [-0.25, -0.2) is 4.79 Å². The van der Waals surface area contributed by atoms with Crippen LogP contribution in [0.1, 0.15) is 18.5 Å². The third kappa shape index (κ3) is 2.74. The van der Waals surface area contributed by atoms with Gasteiger partial charge in [0.15, 0.2) is 0 Å². The fourth-order valence-electron chi connectivity index (χ4n) is 1.31. The summed E-state index contributed by atoms with van der Waals surface area (Å²) in [6.07, 6.45) is -1.06. The van der Waals surface area contributed by atoms with Gasteiger partial charge in [-0.3, -0.25) is 0 Å². The molecule has 1 unspecified atom stereocenters. The number of nitrogens with two attached hydrogens (primary N) is 1. The number of amides is 1. The second-order valence-electron chi connectivity index (χ2n) is 3.20. The van der Waals surface area contributed by atoms with Crippen molar-refractivity contribution in [3.8, 4) is 0 Å². The van der Waals surface area contributed by atoms with Gasteiger partial charge in [0.25, 0.3) is 0 Å². The molecule has 0 aromatic heterocycles. The zero-order valence-electron chi connectivity index (χ0n) is 7.97. The molecule has 0 spiro atoms. The maximum absolute atomic E-state index is 10.5. The first kappa shape index (κ1) is 10.5. The Labute approximate surface area is 82.7 Å². The largest absolute Gasteiger partial charge is 0.465 e. The summed E-state index contributed by atoms with van der Waals surface area (Å²) in [6, 6.07) is 8.68. The van der Waals surface area contributed by atoms with Crippen LogP contribution in [0.15, 0.2) is 30.3 Å². The van der Waals surface area contributed by atoms with Gasteiger partial charge in [-0.05, 0) is 12.5 Å². The van der Waals surface area contributed by atoms with Gasteiger partial charge in [-0.2, -0.15) is 0 Å². The van der Waals surface area contributed by atoms with E-state index in [1.54, 1.807) is 6.92 Å². The van der Waals surface area contributed by atoms with Crippen LogP contribution in [0, 0.1) is 0 Å². The minimum atomic E-state index is -1.06. The SMILES string of the molecule is CC(N)[C@H](NC(=O)O)c1ccccc1. The molecule has 4 heteroatoms. The molecule has 0 aliphatic rings. The monoisotopic (exact) mass is 194 g/mol. The Kier molecular flexibility index (Phi) is 3.48. The minimum absolute atomic E-state index is 0.256. The third-order valence-electron chi connectivity index (χ3n) is 1.96. The number of hydrogen-bond acceptors (Lipinski definition) is 2. The Hall–Kier alpha value is -1.55. The molecule has 0 aliphatic heterocycles. The fraction of sp³-hybridized carbons (Fsp3) is 0.300. The minimum Gasteiger partial charge on any atom is -0.465 e. The second-order valence-corrected chi connectivity index (χ2v) is 3.20. The fourth-order valence-corrected chi connectivity index (χ4v) is 1.31. The Balaban J connectivity index is 2.83. The summed E-state index contributed by atoms with van der Waals surface area (Å²) >= 11 is 0. The highest BCUT2D eigenvalue weighted by molar-refractivity contribution is 5.65. The van der Waals surface area contributed by atoms with Crippen LogP contribution in [0.3, 0.4) is 0 Å². The van der Waals surface area contributed by atoms with Gasteiger partial charge >= 0.3 is 6.09 Å². The zero-order chi connectivity index (χ0) is 10.6. The lowest BCUT2D eigenvalue weighted by Crippen LogP contribution is -2.38. The average Bonchev–Trinajstić information content (AvgIpc) is 2.15. The van der Waals surface area contributed by atoms with Gasteiger partial charge in [0, 0.05) is 6.04 Å². The quantitative estimate of drug-likeness (QED) is 0.679. The molecular formula is C10H14N2O2. The van der Waals surface area contributed by atoms with Crippen LogP contribution >= 0.6 is 0 Å². The molecule has 1 aromatic carbocycles. The van der Waals surface area contributed by atoms with Crippen molar-refractivity contribution in [2.45, 2.75) is 19.0 Å². The average molecular weight is 194 g/mol. The van der Waals surface area contributed by atoms with Crippen LogP contribution in [0.4, 0.5) is 4.79 Å². The Morgan fingerprint density at radius 1 is 1.43 bits per heavy atom. The second kappa shape index (κ2) is 4.62. The van der Waals surface area contributed by atoms with Crippen molar-refractivity contribution in [1.82, 2.24) is 5.32 Å². The molecule has 1 amide bonds. The summed E-state index contributed by atoms with van der Waals surface area (Å²) in [6.45, 7) is 1.77. The van der Waals surface area contributed by atoms with Gasteiger partial charge in [0.2, 0.25) is 0 Å². The van der Waals surface area contributed by atoms with E-state index in [-0.39, 0.29) is 12.1 Å². The first-order chi connectivity index (χ1) is 6.61. The van der Waals surface area contributed by atoms with Crippen LogP contribution in [-0.4, -0.2) is 17.2 Å². The van der Waals surface area contributed by atoms with Crippen molar-refractivity contribution in [2.24, 2.45) is 5.73 Å². The molecule has 14 heavy (non-hydrogen) atoms. The predicted molar refractivity (Wildman–Crippen MR) is 54.0 cm³/mol. The van der Waals surface area contributed by atoms with E-state index in [1.165, 1.54) is 0 Å². The summed E-state index contributed by atoms with van der Waals surface area (Å²) in [4.78, 5) is 10.5. The summed E-state index contributed by atoms with van der Waals surface area (Å²) < 4.78 is 0. The molecule has 4 N–H and O–H groups in total. The van der Waals surface area contributed by atoms with E-state index in [1.807, 2.05) is 30.3 Å². The van der Waals surface area contributed by atoms with E-state index in [2.05, 4.69) is 5.32 Å². The molecule has 0 aliphatic carbocycles. The lowest BCUT2D eigenvalue weighted by Gasteiger charge is -2.20. The third-order valence-corrected chi connectivity index (χ3v) is 1.96. The number of nitrogens with one attached hydrogen (secondary N) is 1. The van der Waals surface area contributed by atoms with Crippen molar-refractivity contribution in [2.75, 3.05) is 0 Å². The Morgan fingerprint density at radius 3 is 2.43 bits per heavy atom. The highest BCUT2D eigenvalue weighted by Gasteiger charge is 2.17. The standard InChI is InChI=1S/C10H14N2O2/c1-7(11)9(12-10(13)14)8-5-3-2-4-6-8/h2-7,9,12H,11H2,1H3,(H,13,14)/t7?,9-/m0/s1. The summed E-state index contributed by atoms with van der Waals surface area (Å²) in [5, 5.41) is 11.0. The maximum Gasteiger partial charge on any atom is 0.405 e. The van der Waals surface area contributed by atoms with E-state index in [0.29, 0.717) is 0 Å². The summed E-state index contributed by atoms with van der Waals surface area (Å²) in [5.74, 6) is 0. The molecule has 2 atom stereocenters. The van der Waals surface area contributed by atoms with Crippen LogP contribution < -0.4 is 11.1 Å². The van der Waals surface area contributed by atoms with Crippen molar-refractivity contribution in [3.63, 3.8) is 0 Å². The molecule has 0 heterocycles. The van der Waals surface area contributed by atoms with Crippen LogP contribution in [0.2, 0.25) is 0 Å². The highest BCUT2D eigenvalue weighted by atomic mass is 16.4. The van der Waals surface area contributed by atoms with Crippen LogP contribution in [0.25, 0.3) is 0 Å². The Bertz CT molecular complexity index is 298. The molecule has 0 radical (unpaired) electrons. The summed E-state index contributed by atoms with van der Waals surface area (Å²) in [5.41, 5.74) is 6.57. The smallest absolute Gasteiger partial charge is 0.405 e. The molecule has 4 nitrogen and oxygen atoms in total. The first-order valence-electron chi connectivity index (χ1n) is 4.41. The molecule has 0 saturated carbocycles. The van der Waals surface area contributed by atoms with Gasteiger partial charge in [0.05, 0.1) is 6.04 Å². The van der Waals surface area contributed by atoms with E-state index in [4.69, 9.17) is 10.8 Å². The molecule has 0 bridgehead atoms.